The van der Waals surface area contributed by atoms with Gasteiger partial charge in [0.25, 0.3) is 0 Å². The Morgan fingerprint density at radius 1 is 1.21 bits per heavy atom. The van der Waals surface area contributed by atoms with E-state index in [4.69, 9.17) is 10.5 Å². The Morgan fingerprint density at radius 2 is 1.71 bits per heavy atom. The van der Waals surface area contributed by atoms with Crippen LogP contribution < -0.4 is 10.5 Å². The molecule has 76 valence electrons. The minimum absolute atomic E-state index is 0.259. The van der Waals surface area contributed by atoms with Crippen molar-refractivity contribution < 1.29 is 4.74 Å². The van der Waals surface area contributed by atoms with Gasteiger partial charge in [0.1, 0.15) is 5.75 Å². The number of rotatable bonds is 2. The van der Waals surface area contributed by atoms with Crippen LogP contribution in [0, 0.1) is 5.41 Å². The summed E-state index contributed by atoms with van der Waals surface area (Å²) in [6, 6.07) is 8.51. The van der Waals surface area contributed by atoms with E-state index in [2.05, 4.69) is 26.0 Å². The third-order valence-corrected chi connectivity index (χ3v) is 3.39. The summed E-state index contributed by atoms with van der Waals surface area (Å²) >= 11 is 0. The zero-order chi connectivity index (χ0) is 10.3. The Morgan fingerprint density at radius 3 is 2.07 bits per heavy atom. The number of methoxy groups -OCH3 is 1. The van der Waals surface area contributed by atoms with Gasteiger partial charge in [0.05, 0.1) is 7.11 Å². The van der Waals surface area contributed by atoms with Crippen LogP contribution in [0.4, 0.5) is 0 Å². The molecule has 1 aliphatic rings. The standard InChI is InChI=1S/C12H17NO/c1-12(2)10(11(12)13)8-4-6-9(14-3)7-5-8/h4-7,10-11H,13H2,1-3H3. The maximum absolute atomic E-state index is 6.02. The van der Waals surface area contributed by atoms with E-state index in [0.29, 0.717) is 12.0 Å². The molecule has 0 saturated heterocycles. The van der Waals surface area contributed by atoms with Crippen molar-refractivity contribution in [2.24, 2.45) is 11.1 Å². The fraction of sp³-hybridized carbons (Fsp3) is 0.500. The predicted octanol–water partition coefficient (Wildman–Crippen LogP) is 2.15. The lowest BCUT2D eigenvalue weighted by Crippen LogP contribution is -2.06. The number of hydrogen-bond acceptors (Lipinski definition) is 2. The van der Waals surface area contributed by atoms with Crippen LogP contribution in [0.15, 0.2) is 24.3 Å². The van der Waals surface area contributed by atoms with Gasteiger partial charge in [0.2, 0.25) is 0 Å². The van der Waals surface area contributed by atoms with Gasteiger partial charge in [0, 0.05) is 12.0 Å². The van der Waals surface area contributed by atoms with Gasteiger partial charge < -0.3 is 10.5 Å². The van der Waals surface area contributed by atoms with Crippen LogP contribution in [0.25, 0.3) is 0 Å². The van der Waals surface area contributed by atoms with Crippen LogP contribution in [-0.4, -0.2) is 13.2 Å². The van der Waals surface area contributed by atoms with Crippen molar-refractivity contribution in [2.45, 2.75) is 25.8 Å². The van der Waals surface area contributed by atoms with Crippen molar-refractivity contribution >= 4 is 0 Å². The van der Waals surface area contributed by atoms with Crippen LogP contribution in [-0.2, 0) is 0 Å². The molecule has 0 spiro atoms. The van der Waals surface area contributed by atoms with E-state index in [9.17, 15) is 0 Å². The Labute approximate surface area is 85.1 Å². The highest BCUT2D eigenvalue weighted by atomic mass is 16.5. The predicted molar refractivity (Wildman–Crippen MR) is 57.5 cm³/mol. The number of ether oxygens (including phenoxy) is 1. The van der Waals surface area contributed by atoms with E-state index in [1.165, 1.54) is 5.56 Å². The summed E-state index contributed by atoms with van der Waals surface area (Å²) in [5, 5.41) is 0. The number of nitrogens with two attached hydrogens (primary N) is 1. The van der Waals surface area contributed by atoms with Gasteiger partial charge in [-0.05, 0) is 23.1 Å². The van der Waals surface area contributed by atoms with E-state index in [-0.39, 0.29) is 5.41 Å². The van der Waals surface area contributed by atoms with Crippen LogP contribution in [0.2, 0.25) is 0 Å². The van der Waals surface area contributed by atoms with E-state index < -0.39 is 0 Å². The fourth-order valence-electron chi connectivity index (χ4n) is 2.13. The van der Waals surface area contributed by atoms with Crippen LogP contribution >= 0.6 is 0 Å². The highest BCUT2D eigenvalue weighted by Crippen LogP contribution is 2.57. The first-order valence-corrected chi connectivity index (χ1v) is 4.97. The molecule has 0 radical (unpaired) electrons. The van der Waals surface area contributed by atoms with Gasteiger partial charge in [-0.15, -0.1) is 0 Å². The molecule has 1 fully saturated rings. The lowest BCUT2D eigenvalue weighted by atomic mass is 10.0. The second-order valence-electron chi connectivity index (χ2n) is 4.60. The molecule has 0 heterocycles. The van der Waals surface area contributed by atoms with Crippen LogP contribution in [0.3, 0.4) is 0 Å². The molecule has 1 aliphatic carbocycles. The quantitative estimate of drug-likeness (QED) is 0.777. The van der Waals surface area contributed by atoms with Crippen LogP contribution in [0.1, 0.15) is 25.3 Å². The van der Waals surface area contributed by atoms with Crippen molar-refractivity contribution in [2.75, 3.05) is 7.11 Å². The second kappa shape index (κ2) is 2.99. The van der Waals surface area contributed by atoms with Gasteiger partial charge in [-0.2, -0.15) is 0 Å². The molecule has 2 atom stereocenters. The van der Waals surface area contributed by atoms with Gasteiger partial charge in [-0.25, -0.2) is 0 Å². The topological polar surface area (TPSA) is 35.2 Å². The average Bonchev–Trinajstić information content (AvgIpc) is 2.67. The number of hydrogen-bond donors (Lipinski definition) is 1. The SMILES string of the molecule is COc1ccc(C2C(N)C2(C)C)cc1. The normalized spacial score (nSPS) is 28.6. The monoisotopic (exact) mass is 191 g/mol. The molecular weight excluding hydrogens is 174 g/mol. The van der Waals surface area contributed by atoms with Gasteiger partial charge in [-0.3, -0.25) is 0 Å². The molecule has 0 aliphatic heterocycles. The number of benzene rings is 1. The third-order valence-electron chi connectivity index (χ3n) is 3.39. The summed E-state index contributed by atoms with van der Waals surface area (Å²) in [7, 11) is 1.68. The maximum Gasteiger partial charge on any atom is 0.118 e. The molecule has 1 saturated carbocycles. The average molecular weight is 191 g/mol. The molecule has 2 N–H and O–H groups in total. The summed E-state index contributed by atoms with van der Waals surface area (Å²) in [5.74, 6) is 1.41. The molecule has 14 heavy (non-hydrogen) atoms. The Bertz CT molecular complexity index is 329. The molecule has 2 unspecified atom stereocenters. The molecule has 2 nitrogen and oxygen atoms in total. The first-order chi connectivity index (χ1) is 6.57. The first-order valence-electron chi connectivity index (χ1n) is 4.97. The molecular formula is C12H17NO. The largest absolute Gasteiger partial charge is 0.497 e. The molecule has 1 aromatic rings. The lowest BCUT2D eigenvalue weighted by Gasteiger charge is -2.04. The second-order valence-corrected chi connectivity index (χ2v) is 4.60. The minimum atomic E-state index is 0.259. The van der Waals surface area contributed by atoms with Crippen molar-refractivity contribution in [1.82, 2.24) is 0 Å². The lowest BCUT2D eigenvalue weighted by molar-refractivity contribution is 0.414. The van der Waals surface area contributed by atoms with E-state index >= 15 is 0 Å². The molecule has 0 aromatic heterocycles. The highest BCUT2D eigenvalue weighted by molar-refractivity contribution is 5.37. The first kappa shape index (κ1) is 9.53. The van der Waals surface area contributed by atoms with Gasteiger partial charge in [0.15, 0.2) is 0 Å². The Kier molecular flexibility index (Phi) is 2.04. The molecule has 2 rings (SSSR count). The van der Waals surface area contributed by atoms with E-state index in [1.807, 2.05) is 12.1 Å². The summed E-state index contributed by atoms with van der Waals surface area (Å²) in [5.41, 5.74) is 7.60. The third kappa shape index (κ3) is 1.30. The van der Waals surface area contributed by atoms with Gasteiger partial charge >= 0.3 is 0 Å². The molecule has 0 bridgehead atoms. The Hall–Kier alpha value is -1.02. The molecule has 1 aromatic carbocycles. The van der Waals surface area contributed by atoms with Crippen molar-refractivity contribution in [3.05, 3.63) is 29.8 Å². The summed E-state index contributed by atoms with van der Waals surface area (Å²) < 4.78 is 5.12. The smallest absolute Gasteiger partial charge is 0.118 e. The van der Waals surface area contributed by atoms with Crippen molar-refractivity contribution in [3.63, 3.8) is 0 Å². The Balaban J connectivity index is 2.20. The fourth-order valence-corrected chi connectivity index (χ4v) is 2.13. The van der Waals surface area contributed by atoms with Gasteiger partial charge in [-0.1, -0.05) is 26.0 Å². The minimum Gasteiger partial charge on any atom is -0.497 e. The van der Waals surface area contributed by atoms with E-state index in [1.54, 1.807) is 7.11 Å². The molecule has 2 heteroatoms. The zero-order valence-corrected chi connectivity index (χ0v) is 8.95. The van der Waals surface area contributed by atoms with E-state index in [0.717, 1.165) is 5.75 Å². The molecule has 0 amide bonds. The zero-order valence-electron chi connectivity index (χ0n) is 8.95. The maximum atomic E-state index is 6.02. The highest BCUT2D eigenvalue weighted by Gasteiger charge is 2.55. The summed E-state index contributed by atoms with van der Waals surface area (Å²) in [6.45, 7) is 4.43. The summed E-state index contributed by atoms with van der Waals surface area (Å²) in [6.07, 6.45) is 0. The van der Waals surface area contributed by atoms with Crippen LogP contribution in [0.5, 0.6) is 5.75 Å². The van der Waals surface area contributed by atoms with Crippen molar-refractivity contribution in [3.8, 4) is 5.75 Å². The van der Waals surface area contributed by atoms with Crippen molar-refractivity contribution in [1.29, 1.82) is 0 Å². The summed E-state index contributed by atoms with van der Waals surface area (Å²) in [4.78, 5) is 0.